The predicted octanol–water partition coefficient (Wildman–Crippen LogP) is 4.42. The third-order valence-corrected chi connectivity index (χ3v) is 8.67. The molecule has 0 spiro atoms. The van der Waals surface area contributed by atoms with Gasteiger partial charge in [0.2, 0.25) is 5.95 Å². The van der Waals surface area contributed by atoms with E-state index < -0.39 is 0 Å². The van der Waals surface area contributed by atoms with Crippen molar-refractivity contribution in [3.8, 4) is 22.8 Å². The number of hydrogen-bond acceptors (Lipinski definition) is 12. The summed E-state index contributed by atoms with van der Waals surface area (Å²) in [4.78, 5) is 11.8. The Bertz CT molecular complexity index is 1510. The average molecular weight is 653 g/mol. The van der Waals surface area contributed by atoms with Crippen molar-refractivity contribution in [3.63, 3.8) is 0 Å². The first-order chi connectivity index (χ1) is 22.6. The Morgan fingerprint density at radius 1 is 1.04 bits per heavy atom. The van der Waals surface area contributed by atoms with Crippen LogP contribution < -0.4 is 14.8 Å². The van der Waals surface area contributed by atoms with Crippen LogP contribution in [0.3, 0.4) is 0 Å². The van der Waals surface area contributed by atoms with Gasteiger partial charge < -0.3 is 24.3 Å². The molecular weight excluding hydrogens is 612 g/mol. The molecular formula is C31H41ClN10O4. The van der Waals surface area contributed by atoms with Crippen molar-refractivity contribution >= 4 is 23.2 Å². The van der Waals surface area contributed by atoms with E-state index in [4.69, 9.17) is 35.6 Å². The zero-order valence-electron chi connectivity index (χ0n) is 26.3. The summed E-state index contributed by atoms with van der Waals surface area (Å²) < 4.78 is 26.6. The van der Waals surface area contributed by atoms with Crippen LogP contribution in [0.15, 0.2) is 43.1 Å². The van der Waals surface area contributed by atoms with E-state index in [1.54, 1.807) is 36.6 Å². The summed E-state index contributed by atoms with van der Waals surface area (Å²) in [6, 6.07) is 6.53. The smallest absolute Gasteiger partial charge is 0.256 e. The van der Waals surface area contributed by atoms with E-state index in [0.29, 0.717) is 54.4 Å². The Morgan fingerprint density at radius 3 is 2.57 bits per heavy atom. The molecule has 15 heteroatoms. The molecule has 1 unspecified atom stereocenters. The highest BCUT2D eigenvalue weighted by Gasteiger charge is 2.29. The van der Waals surface area contributed by atoms with E-state index in [9.17, 15) is 0 Å². The van der Waals surface area contributed by atoms with Gasteiger partial charge in [-0.05, 0) is 60.7 Å². The van der Waals surface area contributed by atoms with Gasteiger partial charge in [-0.3, -0.25) is 9.58 Å². The third-order valence-electron chi connectivity index (χ3n) is 8.36. The van der Waals surface area contributed by atoms with Gasteiger partial charge in [-0.1, -0.05) is 17.7 Å². The number of aromatic nitrogens is 8. The van der Waals surface area contributed by atoms with Crippen LogP contribution in [0.1, 0.15) is 45.1 Å². The number of hydrogen-bond donors (Lipinski definition) is 1. The summed E-state index contributed by atoms with van der Waals surface area (Å²) in [5.41, 5.74) is 2.44. The van der Waals surface area contributed by atoms with Gasteiger partial charge in [0.15, 0.2) is 0 Å². The van der Waals surface area contributed by atoms with Crippen molar-refractivity contribution in [2.75, 3.05) is 51.9 Å². The van der Waals surface area contributed by atoms with Gasteiger partial charge >= 0.3 is 0 Å². The summed E-state index contributed by atoms with van der Waals surface area (Å²) in [6.45, 7) is 7.26. The molecule has 1 saturated heterocycles. The molecule has 4 heterocycles. The molecule has 0 bridgehead atoms. The molecule has 4 aromatic rings. The van der Waals surface area contributed by atoms with Gasteiger partial charge in [0.05, 0.1) is 43.6 Å². The molecule has 6 rings (SSSR count). The largest absolute Gasteiger partial charge is 0.487 e. The topological polar surface area (TPSA) is 139 Å². The Kier molecular flexibility index (Phi) is 10.9. The Labute approximate surface area is 273 Å². The van der Waals surface area contributed by atoms with E-state index in [1.165, 1.54) is 0 Å². The SMILES string of the molecule is COCCCOc1nn(C2CCC(N3CCOCC3)CC2)cc1Nc1ncc(-c2ccc(Cl)c(OC(C)Cn3cnnn3)c2)cn1. The van der Waals surface area contributed by atoms with E-state index in [1.807, 2.05) is 29.9 Å². The number of benzene rings is 1. The zero-order chi connectivity index (χ0) is 31.7. The first-order valence-electron chi connectivity index (χ1n) is 15.8. The second-order valence-corrected chi connectivity index (χ2v) is 12.1. The molecule has 2 fully saturated rings. The van der Waals surface area contributed by atoms with Crippen molar-refractivity contribution in [2.24, 2.45) is 0 Å². The van der Waals surface area contributed by atoms with E-state index >= 15 is 0 Å². The number of rotatable bonds is 14. The Morgan fingerprint density at radius 2 is 1.83 bits per heavy atom. The van der Waals surface area contributed by atoms with Gasteiger partial charge in [0, 0.05) is 57.2 Å². The zero-order valence-corrected chi connectivity index (χ0v) is 27.1. The first kappa shape index (κ1) is 32.1. The van der Waals surface area contributed by atoms with Crippen molar-refractivity contribution in [3.05, 3.63) is 48.1 Å². The van der Waals surface area contributed by atoms with Gasteiger partial charge in [0.25, 0.3) is 5.88 Å². The van der Waals surface area contributed by atoms with Crippen LogP contribution in [0.25, 0.3) is 11.1 Å². The number of ether oxygens (including phenoxy) is 4. The van der Waals surface area contributed by atoms with Crippen molar-refractivity contribution < 1.29 is 18.9 Å². The maximum Gasteiger partial charge on any atom is 0.256 e. The van der Waals surface area contributed by atoms with Gasteiger partial charge in [-0.15, -0.1) is 10.2 Å². The molecule has 1 saturated carbocycles. The highest BCUT2D eigenvalue weighted by atomic mass is 35.5. The minimum Gasteiger partial charge on any atom is -0.487 e. The Hall–Kier alpha value is -3.85. The third kappa shape index (κ3) is 8.29. The number of tetrazole rings is 1. The number of halogens is 1. The van der Waals surface area contributed by atoms with Crippen molar-refractivity contribution in [1.29, 1.82) is 0 Å². The number of morpholine rings is 1. The summed E-state index contributed by atoms with van der Waals surface area (Å²) >= 11 is 6.45. The fourth-order valence-electron chi connectivity index (χ4n) is 5.97. The number of nitrogens with zero attached hydrogens (tertiary/aromatic N) is 9. The lowest BCUT2D eigenvalue weighted by atomic mass is 9.90. The summed E-state index contributed by atoms with van der Waals surface area (Å²) in [6.07, 6.45) is 12.1. The van der Waals surface area contributed by atoms with E-state index in [2.05, 4.69) is 35.7 Å². The van der Waals surface area contributed by atoms with Gasteiger partial charge in [-0.2, -0.15) is 0 Å². The number of anilines is 2. The lowest BCUT2D eigenvalue weighted by Gasteiger charge is -2.38. The van der Waals surface area contributed by atoms with Crippen molar-refractivity contribution in [2.45, 2.75) is 63.8 Å². The highest BCUT2D eigenvalue weighted by molar-refractivity contribution is 6.32. The molecule has 3 aromatic heterocycles. The monoisotopic (exact) mass is 652 g/mol. The maximum absolute atomic E-state index is 6.45. The van der Waals surface area contributed by atoms with E-state index in [-0.39, 0.29) is 6.10 Å². The maximum atomic E-state index is 6.45. The quantitative estimate of drug-likeness (QED) is 0.193. The minimum atomic E-state index is -0.203. The molecule has 2 aliphatic rings. The second kappa shape index (κ2) is 15.6. The molecule has 1 aliphatic heterocycles. The average Bonchev–Trinajstić information content (AvgIpc) is 3.75. The molecule has 46 heavy (non-hydrogen) atoms. The molecule has 1 N–H and O–H groups in total. The first-order valence-corrected chi connectivity index (χ1v) is 16.2. The van der Waals surface area contributed by atoms with Gasteiger partial charge in [0.1, 0.15) is 23.9 Å². The fourth-order valence-corrected chi connectivity index (χ4v) is 6.14. The van der Waals surface area contributed by atoms with Crippen LogP contribution in [0, 0.1) is 0 Å². The molecule has 246 valence electrons. The molecule has 0 radical (unpaired) electrons. The fraction of sp³-hybridized carbons (Fsp3) is 0.548. The second-order valence-electron chi connectivity index (χ2n) is 11.7. The number of methoxy groups -OCH3 is 1. The van der Waals surface area contributed by atoms with Crippen LogP contribution in [-0.4, -0.2) is 104 Å². The predicted molar refractivity (Wildman–Crippen MR) is 172 cm³/mol. The molecule has 1 aliphatic carbocycles. The highest BCUT2D eigenvalue weighted by Crippen LogP contribution is 2.35. The molecule has 1 atom stereocenters. The van der Waals surface area contributed by atoms with Crippen LogP contribution in [0.4, 0.5) is 11.6 Å². The van der Waals surface area contributed by atoms with Crippen LogP contribution >= 0.6 is 11.6 Å². The van der Waals surface area contributed by atoms with Gasteiger partial charge in [-0.25, -0.2) is 14.6 Å². The molecule has 1 aromatic carbocycles. The lowest BCUT2D eigenvalue weighted by molar-refractivity contribution is 0.00503. The lowest BCUT2D eigenvalue weighted by Crippen LogP contribution is -2.45. The van der Waals surface area contributed by atoms with Crippen LogP contribution in [0.2, 0.25) is 5.02 Å². The standard InChI is InChI=1S/C31H41ClN10O4/c1-22(19-41-21-35-38-39-41)46-29-16-23(4-9-27(29)32)24-17-33-31(34-18-24)36-28-20-42(37-30(28)45-13-3-12-43-2)26-7-5-25(6-8-26)40-10-14-44-15-11-40/h4,9,16-18,20-22,25-26H,3,5-8,10-15,19H2,1-2H3,(H,33,34,36). The van der Waals surface area contributed by atoms with Crippen molar-refractivity contribution in [1.82, 2.24) is 44.9 Å². The molecule has 0 amide bonds. The summed E-state index contributed by atoms with van der Waals surface area (Å²) in [5.74, 6) is 1.54. The minimum absolute atomic E-state index is 0.203. The summed E-state index contributed by atoms with van der Waals surface area (Å²) in [7, 11) is 1.69. The molecule has 14 nitrogen and oxygen atoms in total. The Balaban J connectivity index is 1.12. The van der Waals surface area contributed by atoms with E-state index in [0.717, 1.165) is 75.2 Å². The normalized spacial score (nSPS) is 19.5. The van der Waals surface area contributed by atoms with Crippen LogP contribution in [-0.2, 0) is 16.0 Å². The number of nitrogens with one attached hydrogen (secondary N) is 1. The van der Waals surface area contributed by atoms with Crippen LogP contribution in [0.5, 0.6) is 11.6 Å². The summed E-state index contributed by atoms with van der Waals surface area (Å²) in [5, 5.41) is 19.9.